The Hall–Kier alpha value is -0.800. The number of hydrogen-bond donors (Lipinski definition) is 0. The van der Waals surface area contributed by atoms with E-state index < -0.39 is 0 Å². The lowest BCUT2D eigenvalue weighted by atomic mass is 9.99. The molecule has 200 valence electrons. The second-order valence-electron chi connectivity index (χ2n) is 10.9. The first-order valence-electron chi connectivity index (χ1n) is 15.0. The van der Waals surface area contributed by atoms with Crippen LogP contribution in [-0.2, 0) is 0 Å². The average Bonchev–Trinajstić information content (AvgIpc) is 3.18. The Morgan fingerprint density at radius 3 is 1.28 bits per heavy atom. The summed E-state index contributed by atoms with van der Waals surface area (Å²) in [6, 6.07) is 14.3. The quantitative estimate of drug-likeness (QED) is 0.118. The number of unbranched alkanes of at least 4 members (excludes halogenated alkanes) is 14. The van der Waals surface area contributed by atoms with Crippen LogP contribution in [0.25, 0.3) is 21.8 Å². The Labute approximate surface area is 238 Å². The van der Waals surface area contributed by atoms with E-state index >= 15 is 0 Å². The fourth-order valence-corrected chi connectivity index (χ4v) is 6.52. The van der Waals surface area contributed by atoms with Crippen LogP contribution < -0.4 is 0 Å². The second-order valence-corrected chi connectivity index (χ2v) is 12.7. The predicted molar refractivity (Wildman–Crippen MR) is 168 cm³/mol. The summed E-state index contributed by atoms with van der Waals surface area (Å²) in [5.41, 5.74) is 2.78. The number of fused-ring (bicyclic) bond motifs is 3. The second kappa shape index (κ2) is 16.9. The Bertz CT molecular complexity index is 942. The fraction of sp³-hybridized carbons (Fsp3) is 0.636. The number of benzene rings is 2. The molecule has 36 heavy (non-hydrogen) atoms. The van der Waals surface area contributed by atoms with Crippen LogP contribution in [0.5, 0.6) is 0 Å². The maximum atomic E-state index is 3.76. The van der Waals surface area contributed by atoms with Gasteiger partial charge in [-0.15, -0.1) is 0 Å². The van der Waals surface area contributed by atoms with Crippen molar-refractivity contribution in [2.75, 3.05) is 0 Å². The summed E-state index contributed by atoms with van der Waals surface area (Å²) in [4.78, 5) is 0. The van der Waals surface area contributed by atoms with Gasteiger partial charge in [0.1, 0.15) is 0 Å². The van der Waals surface area contributed by atoms with E-state index in [2.05, 4.69) is 86.7 Å². The first-order valence-corrected chi connectivity index (χ1v) is 16.6. The molecule has 0 aliphatic rings. The van der Waals surface area contributed by atoms with Crippen molar-refractivity contribution in [3.05, 3.63) is 45.3 Å². The summed E-state index contributed by atoms with van der Waals surface area (Å²) in [7, 11) is 0. The van der Waals surface area contributed by atoms with E-state index in [1.165, 1.54) is 146 Å². The molecule has 0 bridgehead atoms. The highest BCUT2D eigenvalue weighted by Gasteiger charge is 2.19. The van der Waals surface area contributed by atoms with Gasteiger partial charge in [0.25, 0.3) is 0 Å². The van der Waals surface area contributed by atoms with Crippen LogP contribution in [0, 0.1) is 0 Å². The molecule has 1 nitrogen and oxygen atoms in total. The van der Waals surface area contributed by atoms with Gasteiger partial charge in [0.15, 0.2) is 0 Å². The van der Waals surface area contributed by atoms with Gasteiger partial charge in [0.05, 0.1) is 11.0 Å². The molecule has 0 saturated carbocycles. The number of aromatic nitrogens is 1. The van der Waals surface area contributed by atoms with Gasteiger partial charge in [0.2, 0.25) is 0 Å². The number of hydrogen-bond acceptors (Lipinski definition) is 0. The fourth-order valence-electron chi connectivity index (χ4n) is 5.82. The van der Waals surface area contributed by atoms with E-state index in [0.717, 1.165) is 0 Å². The molecule has 0 fully saturated rings. The Balaban J connectivity index is 1.70. The van der Waals surface area contributed by atoms with E-state index in [1.54, 1.807) is 0 Å². The van der Waals surface area contributed by atoms with Crippen molar-refractivity contribution in [3.8, 4) is 0 Å². The number of nitrogens with zero attached hydrogens (tertiary/aromatic N) is 1. The van der Waals surface area contributed by atoms with E-state index in [4.69, 9.17) is 0 Å². The summed E-state index contributed by atoms with van der Waals surface area (Å²) >= 11 is 7.53. The van der Waals surface area contributed by atoms with Crippen LogP contribution in [0.1, 0.15) is 135 Å². The summed E-state index contributed by atoms with van der Waals surface area (Å²) in [6.07, 6.45) is 24.8. The monoisotopic (exact) mass is 617 g/mol. The molecule has 0 amide bonds. The van der Waals surface area contributed by atoms with E-state index in [-0.39, 0.29) is 0 Å². The van der Waals surface area contributed by atoms with Gasteiger partial charge >= 0.3 is 0 Å². The smallest absolute Gasteiger partial charge is 0.0505 e. The zero-order chi connectivity index (χ0) is 25.6. The Morgan fingerprint density at radius 2 is 0.889 bits per heavy atom. The topological polar surface area (TPSA) is 4.93 Å². The molecule has 0 saturated heterocycles. The maximum Gasteiger partial charge on any atom is 0.0505 e. The Morgan fingerprint density at radius 1 is 0.528 bits per heavy atom. The van der Waals surface area contributed by atoms with Gasteiger partial charge in [-0.25, -0.2) is 0 Å². The third kappa shape index (κ3) is 9.19. The predicted octanol–water partition coefficient (Wildman–Crippen LogP) is 12.9. The minimum Gasteiger partial charge on any atom is -0.337 e. The molecule has 2 aromatic carbocycles. The van der Waals surface area contributed by atoms with Gasteiger partial charge in [-0.2, -0.15) is 0 Å². The standard InChI is InChI=1S/C33H49Br2N/c1-3-5-7-9-11-13-15-17-19-29(20-18-16-14-12-10-8-6-4-2)36-32-25-27(34)21-23-30(32)31-24-22-28(35)26-33(31)36/h21-26,29H,3-20H2,1-2H3. The van der Waals surface area contributed by atoms with E-state index in [0.29, 0.717) is 6.04 Å². The third-order valence-electron chi connectivity index (χ3n) is 7.88. The molecular formula is C33H49Br2N. The first kappa shape index (κ1) is 29.8. The molecule has 1 aromatic heterocycles. The van der Waals surface area contributed by atoms with Crippen LogP contribution >= 0.6 is 31.9 Å². The average molecular weight is 620 g/mol. The summed E-state index contributed by atoms with van der Waals surface area (Å²) in [6.45, 7) is 4.61. The normalized spacial score (nSPS) is 11.9. The molecule has 3 rings (SSSR count). The van der Waals surface area contributed by atoms with Crippen molar-refractivity contribution >= 4 is 53.7 Å². The maximum absolute atomic E-state index is 3.76. The third-order valence-corrected chi connectivity index (χ3v) is 8.86. The highest BCUT2D eigenvalue weighted by molar-refractivity contribution is 9.10. The van der Waals surface area contributed by atoms with Gasteiger partial charge in [-0.05, 0) is 37.1 Å². The zero-order valence-electron chi connectivity index (χ0n) is 23.0. The van der Waals surface area contributed by atoms with Crippen LogP contribution in [0.4, 0.5) is 0 Å². The highest BCUT2D eigenvalue weighted by Crippen LogP contribution is 2.38. The zero-order valence-corrected chi connectivity index (χ0v) is 26.1. The van der Waals surface area contributed by atoms with Crippen LogP contribution in [-0.4, -0.2) is 4.57 Å². The Kier molecular flexibility index (Phi) is 14.0. The lowest BCUT2D eigenvalue weighted by Gasteiger charge is -2.22. The van der Waals surface area contributed by atoms with Crippen molar-refractivity contribution in [1.82, 2.24) is 4.57 Å². The molecule has 0 radical (unpaired) electrons. The highest BCUT2D eigenvalue weighted by atomic mass is 79.9. The summed E-state index contributed by atoms with van der Waals surface area (Å²) in [5.74, 6) is 0. The molecule has 0 N–H and O–H groups in total. The van der Waals surface area contributed by atoms with Crippen molar-refractivity contribution in [3.63, 3.8) is 0 Å². The lowest BCUT2D eigenvalue weighted by Crippen LogP contribution is -2.09. The first-order chi connectivity index (χ1) is 17.7. The van der Waals surface area contributed by atoms with Gasteiger partial charge in [0, 0.05) is 25.8 Å². The van der Waals surface area contributed by atoms with Crippen molar-refractivity contribution in [1.29, 1.82) is 0 Å². The molecule has 0 spiro atoms. The summed E-state index contributed by atoms with van der Waals surface area (Å²) < 4.78 is 5.05. The molecule has 3 aromatic rings. The largest absolute Gasteiger partial charge is 0.337 e. The van der Waals surface area contributed by atoms with Crippen molar-refractivity contribution in [2.45, 2.75) is 135 Å². The molecule has 3 heteroatoms. The van der Waals surface area contributed by atoms with Crippen molar-refractivity contribution < 1.29 is 0 Å². The molecule has 1 heterocycles. The van der Waals surface area contributed by atoms with Gasteiger partial charge in [-0.3, -0.25) is 0 Å². The molecule has 0 aliphatic heterocycles. The number of rotatable bonds is 19. The minimum atomic E-state index is 0.578. The van der Waals surface area contributed by atoms with Crippen LogP contribution in [0.3, 0.4) is 0 Å². The van der Waals surface area contributed by atoms with Gasteiger partial charge < -0.3 is 4.57 Å². The number of halogens is 2. The van der Waals surface area contributed by atoms with Crippen LogP contribution in [0.2, 0.25) is 0 Å². The van der Waals surface area contributed by atoms with E-state index in [9.17, 15) is 0 Å². The van der Waals surface area contributed by atoms with Crippen LogP contribution in [0.15, 0.2) is 45.3 Å². The van der Waals surface area contributed by atoms with Gasteiger partial charge in [-0.1, -0.05) is 161 Å². The summed E-state index contributed by atoms with van der Waals surface area (Å²) in [5, 5.41) is 2.77. The molecule has 0 aliphatic carbocycles. The lowest BCUT2D eigenvalue weighted by molar-refractivity contribution is 0.409. The molecule has 0 unspecified atom stereocenters. The molecule has 0 atom stereocenters. The minimum absolute atomic E-state index is 0.578. The SMILES string of the molecule is CCCCCCCCCCC(CCCCCCCCCC)n1c2cc(Br)ccc2c2ccc(Br)cc21. The van der Waals surface area contributed by atoms with E-state index in [1.807, 2.05) is 0 Å². The van der Waals surface area contributed by atoms with Crippen molar-refractivity contribution in [2.24, 2.45) is 0 Å². The molecular weight excluding hydrogens is 570 g/mol.